The van der Waals surface area contributed by atoms with Crippen LogP contribution in [0.2, 0.25) is 10.0 Å². The Morgan fingerprint density at radius 3 is 2.45 bits per heavy atom. The number of carboxylic acids is 1. The summed E-state index contributed by atoms with van der Waals surface area (Å²) >= 11 is 29.9. The Labute approximate surface area is 150 Å². The van der Waals surface area contributed by atoms with Gasteiger partial charge in [-0.1, -0.05) is 64.9 Å². The van der Waals surface area contributed by atoms with E-state index in [1.165, 1.54) is 0 Å². The van der Waals surface area contributed by atoms with Gasteiger partial charge in [0.15, 0.2) is 5.82 Å². The number of hydrogen-bond donors (Lipinski definition) is 1. The molecule has 0 radical (unpaired) electrons. The minimum absolute atomic E-state index is 0.179. The second kappa shape index (κ2) is 6.42. The molecule has 1 aromatic carbocycles. The van der Waals surface area contributed by atoms with E-state index in [1.54, 1.807) is 12.1 Å². The Morgan fingerprint density at radius 2 is 1.95 bits per heavy atom. The second-order valence-corrected chi connectivity index (χ2v) is 7.25. The largest absolute Gasteiger partial charge is 0.475 e. The fourth-order valence-corrected chi connectivity index (χ4v) is 2.91. The van der Waals surface area contributed by atoms with Crippen molar-refractivity contribution in [1.29, 1.82) is 0 Å². The summed E-state index contributed by atoms with van der Waals surface area (Å²) in [6.45, 7) is 1.87. The van der Waals surface area contributed by atoms with E-state index in [-0.39, 0.29) is 10.8 Å². The van der Waals surface area contributed by atoms with E-state index in [1.807, 2.05) is 6.92 Å². The van der Waals surface area contributed by atoms with Crippen molar-refractivity contribution in [2.24, 2.45) is 0 Å². The number of rotatable bonds is 3. The highest BCUT2D eigenvalue weighted by molar-refractivity contribution is 6.66. The van der Waals surface area contributed by atoms with E-state index in [0.717, 1.165) is 4.68 Å². The van der Waals surface area contributed by atoms with Crippen LogP contribution in [0, 0.1) is 0 Å². The van der Waals surface area contributed by atoms with E-state index < -0.39 is 15.6 Å². The molecule has 0 unspecified atom stereocenters. The van der Waals surface area contributed by atoms with E-state index >= 15 is 0 Å². The van der Waals surface area contributed by atoms with Crippen molar-refractivity contribution in [3.63, 3.8) is 0 Å². The van der Waals surface area contributed by atoms with Crippen LogP contribution < -0.4 is 0 Å². The van der Waals surface area contributed by atoms with Gasteiger partial charge in [0.2, 0.25) is 3.79 Å². The first-order chi connectivity index (χ1) is 10.2. The number of hydrogen-bond acceptors (Lipinski definition) is 3. The van der Waals surface area contributed by atoms with E-state index in [2.05, 4.69) is 10.1 Å². The number of carboxylic acid groups (broad SMARTS) is 1. The Morgan fingerprint density at radius 1 is 1.32 bits per heavy atom. The predicted molar refractivity (Wildman–Crippen MR) is 87.0 cm³/mol. The Balaban J connectivity index is 2.75. The molecule has 1 aromatic heterocycles. The minimum Gasteiger partial charge on any atom is -0.475 e. The summed E-state index contributed by atoms with van der Waals surface area (Å²) in [6.07, 6.45) is 0.565. The number of aromatic nitrogens is 3. The quantitative estimate of drug-likeness (QED) is 0.757. The van der Waals surface area contributed by atoms with Crippen LogP contribution in [0.1, 0.15) is 28.9 Å². The number of alkyl halides is 3. The minimum atomic E-state index is -1.98. The molecule has 0 aliphatic carbocycles. The number of nitrogens with zero attached hydrogens (tertiary/aromatic N) is 3. The van der Waals surface area contributed by atoms with E-state index in [0.29, 0.717) is 22.7 Å². The smallest absolute Gasteiger partial charge is 0.375 e. The molecule has 2 aromatic rings. The van der Waals surface area contributed by atoms with Gasteiger partial charge in [-0.05, 0) is 24.1 Å². The zero-order valence-corrected chi connectivity index (χ0v) is 14.7. The van der Waals surface area contributed by atoms with Crippen molar-refractivity contribution in [3.05, 3.63) is 39.4 Å². The standard InChI is InChI=1S/C12H8Cl5N3O2/c1-2-5-6(13)3-4-7(8(5)14)20-11(12(15,16)17)18-9(19-20)10(21)22/h3-4H,2H2,1H3,(H,21,22). The zero-order valence-electron chi connectivity index (χ0n) is 10.9. The van der Waals surface area contributed by atoms with Crippen LogP contribution in [0.3, 0.4) is 0 Å². The molecular weight excluding hydrogens is 395 g/mol. The summed E-state index contributed by atoms with van der Waals surface area (Å²) in [5, 5.41) is 13.6. The van der Waals surface area contributed by atoms with Gasteiger partial charge in [0.05, 0.1) is 10.7 Å². The van der Waals surface area contributed by atoms with Gasteiger partial charge in [-0.15, -0.1) is 5.10 Å². The lowest BCUT2D eigenvalue weighted by Gasteiger charge is -2.15. The van der Waals surface area contributed by atoms with Crippen LogP contribution in [0.15, 0.2) is 12.1 Å². The molecule has 0 bridgehead atoms. The third-order valence-corrected chi connectivity index (χ3v) is 4.08. The van der Waals surface area contributed by atoms with Crippen LogP contribution in [-0.4, -0.2) is 25.8 Å². The Bertz CT molecular complexity index is 739. The van der Waals surface area contributed by atoms with Crippen molar-refractivity contribution in [3.8, 4) is 5.69 Å². The molecule has 1 heterocycles. The average molecular weight is 403 g/mol. The van der Waals surface area contributed by atoms with E-state index in [4.69, 9.17) is 63.1 Å². The SMILES string of the molecule is CCc1c(Cl)ccc(-n2nc(C(=O)O)nc2C(Cl)(Cl)Cl)c1Cl. The van der Waals surface area contributed by atoms with Crippen LogP contribution in [-0.2, 0) is 10.2 Å². The highest BCUT2D eigenvalue weighted by atomic mass is 35.6. The third kappa shape index (κ3) is 3.29. The summed E-state index contributed by atoms with van der Waals surface area (Å²) in [6, 6.07) is 3.15. The van der Waals surface area contributed by atoms with Gasteiger partial charge in [-0.2, -0.15) is 0 Å². The van der Waals surface area contributed by atoms with Gasteiger partial charge in [-0.3, -0.25) is 0 Å². The summed E-state index contributed by atoms with van der Waals surface area (Å²) in [5.41, 5.74) is 0.993. The van der Waals surface area contributed by atoms with Crippen molar-refractivity contribution in [2.45, 2.75) is 17.1 Å². The normalized spacial score (nSPS) is 11.7. The monoisotopic (exact) mass is 401 g/mol. The van der Waals surface area contributed by atoms with Gasteiger partial charge in [0, 0.05) is 5.02 Å². The average Bonchev–Trinajstić information content (AvgIpc) is 2.84. The van der Waals surface area contributed by atoms with Crippen LogP contribution >= 0.6 is 58.0 Å². The fraction of sp³-hybridized carbons (Fsp3) is 0.250. The molecule has 0 fully saturated rings. The molecule has 0 amide bonds. The van der Waals surface area contributed by atoms with Crippen LogP contribution in [0.5, 0.6) is 0 Å². The lowest BCUT2D eigenvalue weighted by molar-refractivity contribution is 0.0683. The van der Waals surface area contributed by atoms with Crippen LogP contribution in [0.25, 0.3) is 5.69 Å². The first-order valence-corrected chi connectivity index (χ1v) is 7.80. The molecule has 1 N–H and O–H groups in total. The molecule has 0 saturated carbocycles. The maximum atomic E-state index is 11.1. The number of carbonyl (C=O) groups is 1. The van der Waals surface area contributed by atoms with E-state index in [9.17, 15) is 4.79 Å². The molecule has 0 saturated heterocycles. The molecular formula is C12H8Cl5N3O2. The van der Waals surface area contributed by atoms with Crippen molar-refractivity contribution in [2.75, 3.05) is 0 Å². The maximum absolute atomic E-state index is 11.1. The highest BCUT2D eigenvalue weighted by Gasteiger charge is 2.33. The van der Waals surface area contributed by atoms with Gasteiger partial charge in [0.25, 0.3) is 5.82 Å². The summed E-state index contributed by atoms with van der Waals surface area (Å²) in [7, 11) is 0. The van der Waals surface area contributed by atoms with Gasteiger partial charge < -0.3 is 5.11 Å². The zero-order chi connectivity index (χ0) is 16.7. The van der Waals surface area contributed by atoms with Crippen molar-refractivity contribution >= 4 is 64.0 Å². The van der Waals surface area contributed by atoms with Crippen LogP contribution in [0.4, 0.5) is 0 Å². The lowest BCUT2D eigenvalue weighted by Crippen LogP contribution is -2.12. The second-order valence-electron chi connectivity index (χ2n) is 4.19. The molecule has 10 heteroatoms. The number of halogens is 5. The number of benzene rings is 1. The molecule has 2 rings (SSSR count). The first-order valence-electron chi connectivity index (χ1n) is 5.91. The van der Waals surface area contributed by atoms with Gasteiger partial charge >= 0.3 is 5.97 Å². The summed E-state index contributed by atoms with van der Waals surface area (Å²) in [4.78, 5) is 14.8. The fourth-order valence-electron chi connectivity index (χ4n) is 1.83. The third-order valence-electron chi connectivity index (χ3n) is 2.80. The number of aromatic carboxylic acids is 1. The maximum Gasteiger partial charge on any atom is 0.375 e. The molecule has 0 aliphatic heterocycles. The summed E-state index contributed by atoms with van der Waals surface area (Å²) in [5.74, 6) is -2.04. The topological polar surface area (TPSA) is 68.0 Å². The Kier molecular flexibility index (Phi) is 5.14. The Hall–Kier alpha value is -0.720. The molecule has 5 nitrogen and oxygen atoms in total. The van der Waals surface area contributed by atoms with Gasteiger partial charge in [-0.25, -0.2) is 14.5 Å². The molecule has 22 heavy (non-hydrogen) atoms. The predicted octanol–water partition coefficient (Wildman–Crippen LogP) is 4.66. The molecule has 0 aliphatic rings. The van der Waals surface area contributed by atoms with Crippen molar-refractivity contribution < 1.29 is 9.90 Å². The molecule has 0 atom stereocenters. The summed E-state index contributed by atoms with van der Waals surface area (Å²) < 4.78 is -0.885. The van der Waals surface area contributed by atoms with Gasteiger partial charge in [0.1, 0.15) is 0 Å². The molecule has 118 valence electrons. The highest BCUT2D eigenvalue weighted by Crippen LogP contribution is 2.39. The first kappa shape index (κ1) is 17.6. The lowest BCUT2D eigenvalue weighted by atomic mass is 10.1. The molecule has 0 spiro atoms. The van der Waals surface area contributed by atoms with Crippen molar-refractivity contribution in [1.82, 2.24) is 14.8 Å².